The molecule has 0 amide bonds. The Morgan fingerprint density at radius 3 is 2.79 bits per heavy atom. The van der Waals surface area contributed by atoms with Crippen LogP contribution in [0.2, 0.25) is 0 Å². The molecule has 24 heavy (non-hydrogen) atoms. The smallest absolute Gasteiger partial charge is 0.191 e. The molecule has 0 aliphatic carbocycles. The summed E-state index contributed by atoms with van der Waals surface area (Å²) in [6.07, 6.45) is 0. The molecule has 1 aromatic carbocycles. The molecule has 6 nitrogen and oxygen atoms in total. The highest BCUT2D eigenvalue weighted by Crippen LogP contribution is 2.07. The van der Waals surface area contributed by atoms with Gasteiger partial charge in [-0.3, -0.25) is 4.90 Å². The van der Waals surface area contributed by atoms with E-state index in [1.807, 2.05) is 0 Å². The fourth-order valence-electron chi connectivity index (χ4n) is 2.65. The third-order valence-corrected chi connectivity index (χ3v) is 3.89. The average Bonchev–Trinajstić information content (AvgIpc) is 2.61. The highest BCUT2D eigenvalue weighted by Gasteiger charge is 2.09. The van der Waals surface area contributed by atoms with Crippen molar-refractivity contribution < 1.29 is 9.47 Å². The molecule has 1 aromatic rings. The van der Waals surface area contributed by atoms with Crippen LogP contribution >= 0.6 is 0 Å². The largest absolute Gasteiger partial charge is 0.380 e. The summed E-state index contributed by atoms with van der Waals surface area (Å²) in [6, 6.07) is 8.37. The Kier molecular flexibility index (Phi) is 8.59. The van der Waals surface area contributed by atoms with Gasteiger partial charge in [0.2, 0.25) is 0 Å². The zero-order valence-electron chi connectivity index (χ0n) is 14.9. The molecule has 6 heteroatoms. The average molecular weight is 334 g/mol. The van der Waals surface area contributed by atoms with E-state index in [9.17, 15) is 0 Å². The molecular formula is C18H30N4O2. The minimum atomic E-state index is 0.634. The molecule has 0 radical (unpaired) electrons. The van der Waals surface area contributed by atoms with E-state index in [4.69, 9.17) is 9.47 Å². The van der Waals surface area contributed by atoms with E-state index in [-0.39, 0.29) is 0 Å². The van der Waals surface area contributed by atoms with Gasteiger partial charge in [-0.25, -0.2) is 4.99 Å². The molecule has 0 bridgehead atoms. The summed E-state index contributed by atoms with van der Waals surface area (Å²) in [6.45, 7) is 9.83. The van der Waals surface area contributed by atoms with E-state index < -0.39 is 0 Å². The topological polar surface area (TPSA) is 58.1 Å². The van der Waals surface area contributed by atoms with Gasteiger partial charge < -0.3 is 20.1 Å². The zero-order valence-corrected chi connectivity index (χ0v) is 14.9. The molecule has 0 spiro atoms. The van der Waals surface area contributed by atoms with Crippen LogP contribution in [0, 0.1) is 0 Å². The number of ether oxygens (including phenoxy) is 2. The highest BCUT2D eigenvalue weighted by molar-refractivity contribution is 5.79. The van der Waals surface area contributed by atoms with E-state index in [0.717, 1.165) is 51.9 Å². The molecule has 1 aliphatic heterocycles. The SMILES string of the molecule is CCNC(=NCc1cccc(COC)c1)NCCN1CCOCC1. The number of benzene rings is 1. The number of hydrogen-bond acceptors (Lipinski definition) is 4. The summed E-state index contributed by atoms with van der Waals surface area (Å²) in [4.78, 5) is 7.09. The number of nitrogens with one attached hydrogen (secondary N) is 2. The second-order valence-electron chi connectivity index (χ2n) is 5.83. The van der Waals surface area contributed by atoms with Crippen molar-refractivity contribution in [2.75, 3.05) is 53.0 Å². The molecular weight excluding hydrogens is 304 g/mol. The van der Waals surface area contributed by atoms with Crippen LogP contribution in [0.4, 0.5) is 0 Å². The van der Waals surface area contributed by atoms with E-state index in [1.54, 1.807) is 7.11 Å². The number of aliphatic imine (C=N–C) groups is 1. The molecule has 0 aromatic heterocycles. The predicted octanol–water partition coefficient (Wildman–Crippen LogP) is 1.22. The van der Waals surface area contributed by atoms with Crippen molar-refractivity contribution in [3.8, 4) is 0 Å². The summed E-state index contributed by atoms with van der Waals surface area (Å²) >= 11 is 0. The van der Waals surface area contributed by atoms with E-state index in [2.05, 4.69) is 51.7 Å². The van der Waals surface area contributed by atoms with E-state index >= 15 is 0 Å². The molecule has 1 saturated heterocycles. The van der Waals surface area contributed by atoms with Crippen LogP contribution in [-0.2, 0) is 22.6 Å². The molecule has 1 heterocycles. The number of rotatable bonds is 8. The van der Waals surface area contributed by atoms with Gasteiger partial charge in [0.05, 0.1) is 26.4 Å². The van der Waals surface area contributed by atoms with Crippen molar-refractivity contribution in [3.63, 3.8) is 0 Å². The quantitative estimate of drug-likeness (QED) is 0.553. The Bertz CT molecular complexity index is 502. The molecule has 1 fully saturated rings. The van der Waals surface area contributed by atoms with Crippen LogP contribution in [0.3, 0.4) is 0 Å². The zero-order chi connectivity index (χ0) is 17.0. The maximum Gasteiger partial charge on any atom is 0.191 e. The minimum absolute atomic E-state index is 0.634. The van der Waals surface area contributed by atoms with Gasteiger partial charge in [0.25, 0.3) is 0 Å². The fourth-order valence-corrected chi connectivity index (χ4v) is 2.65. The van der Waals surface area contributed by atoms with Gasteiger partial charge in [0.1, 0.15) is 0 Å². The molecule has 134 valence electrons. The lowest BCUT2D eigenvalue weighted by Crippen LogP contribution is -2.44. The highest BCUT2D eigenvalue weighted by atomic mass is 16.5. The monoisotopic (exact) mass is 334 g/mol. The first-order chi connectivity index (χ1) is 11.8. The van der Waals surface area contributed by atoms with Crippen LogP contribution in [0.1, 0.15) is 18.1 Å². The van der Waals surface area contributed by atoms with Crippen molar-refractivity contribution in [1.29, 1.82) is 0 Å². The summed E-state index contributed by atoms with van der Waals surface area (Å²) in [5.41, 5.74) is 2.37. The van der Waals surface area contributed by atoms with Crippen LogP contribution < -0.4 is 10.6 Å². The number of guanidine groups is 1. The van der Waals surface area contributed by atoms with E-state index in [0.29, 0.717) is 13.2 Å². The van der Waals surface area contributed by atoms with Crippen molar-refractivity contribution in [2.24, 2.45) is 4.99 Å². The van der Waals surface area contributed by atoms with Gasteiger partial charge >= 0.3 is 0 Å². The fraction of sp³-hybridized carbons (Fsp3) is 0.611. The summed E-state index contributed by atoms with van der Waals surface area (Å²) < 4.78 is 10.6. The normalized spacial score (nSPS) is 16.2. The standard InChI is InChI=1S/C18H30N4O2/c1-3-19-18(20-7-8-22-9-11-24-12-10-22)21-14-16-5-4-6-17(13-16)15-23-2/h4-6,13H,3,7-12,14-15H2,1-2H3,(H2,19,20,21). The Balaban J connectivity index is 1.81. The Labute approximate surface area is 145 Å². The van der Waals surface area contributed by atoms with E-state index in [1.165, 1.54) is 11.1 Å². The molecule has 2 N–H and O–H groups in total. The first-order valence-electron chi connectivity index (χ1n) is 8.71. The molecule has 1 aliphatic rings. The van der Waals surface area contributed by atoms with Gasteiger partial charge in [0.15, 0.2) is 5.96 Å². The second-order valence-corrected chi connectivity index (χ2v) is 5.83. The molecule has 0 unspecified atom stereocenters. The molecule has 0 atom stereocenters. The minimum Gasteiger partial charge on any atom is -0.380 e. The maximum atomic E-state index is 5.37. The number of morpholine rings is 1. The third-order valence-electron chi connectivity index (χ3n) is 3.89. The van der Waals surface area contributed by atoms with Crippen LogP contribution in [-0.4, -0.2) is 63.9 Å². The van der Waals surface area contributed by atoms with Gasteiger partial charge in [-0.2, -0.15) is 0 Å². The Hall–Kier alpha value is -1.63. The lowest BCUT2D eigenvalue weighted by molar-refractivity contribution is 0.0389. The third kappa shape index (κ3) is 6.86. The van der Waals surface area contributed by atoms with Crippen LogP contribution in [0.5, 0.6) is 0 Å². The van der Waals surface area contributed by atoms with Crippen molar-refractivity contribution in [1.82, 2.24) is 15.5 Å². The van der Waals surface area contributed by atoms with Gasteiger partial charge in [0, 0.05) is 39.8 Å². The van der Waals surface area contributed by atoms with Crippen LogP contribution in [0.25, 0.3) is 0 Å². The first-order valence-corrected chi connectivity index (χ1v) is 8.71. The van der Waals surface area contributed by atoms with Crippen molar-refractivity contribution in [2.45, 2.75) is 20.1 Å². The predicted molar refractivity (Wildman–Crippen MR) is 97.2 cm³/mol. The number of nitrogens with zero attached hydrogens (tertiary/aromatic N) is 2. The van der Waals surface area contributed by atoms with Gasteiger partial charge in [-0.05, 0) is 18.1 Å². The van der Waals surface area contributed by atoms with Crippen molar-refractivity contribution in [3.05, 3.63) is 35.4 Å². The summed E-state index contributed by atoms with van der Waals surface area (Å²) in [5.74, 6) is 0.864. The second kappa shape index (κ2) is 11.0. The lowest BCUT2D eigenvalue weighted by atomic mass is 10.1. The van der Waals surface area contributed by atoms with Gasteiger partial charge in [-0.15, -0.1) is 0 Å². The molecule has 2 rings (SSSR count). The Morgan fingerprint density at radius 2 is 2.04 bits per heavy atom. The first kappa shape index (κ1) is 18.7. The number of methoxy groups -OCH3 is 1. The van der Waals surface area contributed by atoms with Crippen molar-refractivity contribution >= 4 is 5.96 Å². The lowest BCUT2D eigenvalue weighted by Gasteiger charge is -2.26. The summed E-state index contributed by atoms with van der Waals surface area (Å²) in [5, 5.41) is 6.71. The Morgan fingerprint density at radius 1 is 1.25 bits per heavy atom. The maximum absolute atomic E-state index is 5.37. The molecule has 0 saturated carbocycles. The number of hydrogen-bond donors (Lipinski definition) is 2. The van der Waals surface area contributed by atoms with Crippen LogP contribution in [0.15, 0.2) is 29.3 Å². The van der Waals surface area contributed by atoms with Gasteiger partial charge in [-0.1, -0.05) is 24.3 Å². The summed E-state index contributed by atoms with van der Waals surface area (Å²) in [7, 11) is 1.71.